The Morgan fingerprint density at radius 1 is 0.655 bits per heavy atom. The molecular weight excluding hydrogens is 737 g/mol. The summed E-state index contributed by atoms with van der Waals surface area (Å²) in [5.41, 5.74) is 0. The van der Waals surface area contributed by atoms with Gasteiger partial charge in [-0.05, 0) is 68.2 Å². The van der Waals surface area contributed by atoms with Crippen molar-refractivity contribution >= 4 is 43.6 Å². The van der Waals surface area contributed by atoms with Crippen molar-refractivity contribution in [1.29, 1.82) is 0 Å². The maximum atomic E-state index is 10.8. The van der Waals surface area contributed by atoms with Gasteiger partial charge >= 0.3 is 17.9 Å². The van der Waals surface area contributed by atoms with Crippen LogP contribution in [0.1, 0.15) is 58.6 Å². The van der Waals surface area contributed by atoms with Gasteiger partial charge in [-0.3, -0.25) is 28.8 Å². The molecular formula is C39H54O15Si. The number of hydrogen-bond acceptors (Lipinski definition) is 15. The van der Waals surface area contributed by atoms with Crippen LogP contribution in [0.2, 0.25) is 19.6 Å². The number of ether oxygens (including phenoxy) is 3. The van der Waals surface area contributed by atoms with E-state index in [9.17, 15) is 28.8 Å². The molecule has 15 nitrogen and oxygen atoms in total. The summed E-state index contributed by atoms with van der Waals surface area (Å²) >= 11 is 0. The fourth-order valence-corrected chi connectivity index (χ4v) is 5.88. The van der Waals surface area contributed by atoms with E-state index in [-0.39, 0.29) is 72.7 Å². The van der Waals surface area contributed by atoms with E-state index in [1.54, 1.807) is 54.7 Å². The predicted molar refractivity (Wildman–Crippen MR) is 201 cm³/mol. The van der Waals surface area contributed by atoms with Crippen LogP contribution in [0.5, 0.6) is 0 Å². The Hall–Kier alpha value is -4.58. The van der Waals surface area contributed by atoms with Crippen LogP contribution >= 0.6 is 0 Å². The SMILES string of the molecule is CC(=O)O[C@@H]1C=C[C@H](OC(C)=O)C1.CC(=O)O[C@H]1C=C[C@@H](O)C1.C[Si](C)(C)OC1C=CC(=O)C1.O=C1C=CC(=O)C1.OCc1ccco1.O[C@@H]1C=C[C@H](O)C1. The lowest BCUT2D eigenvalue weighted by atomic mass is 10.3. The molecule has 4 N–H and O–H groups in total. The molecule has 5 aliphatic rings. The number of aliphatic hydroxyl groups is 4. The minimum atomic E-state index is -1.46. The van der Waals surface area contributed by atoms with Gasteiger partial charge in [-0.1, -0.05) is 24.3 Å². The third-order valence-corrected chi connectivity index (χ3v) is 7.97. The summed E-state index contributed by atoms with van der Waals surface area (Å²) in [4.78, 5) is 62.6. The van der Waals surface area contributed by atoms with Crippen LogP contribution in [0.4, 0.5) is 0 Å². The zero-order valence-corrected chi connectivity index (χ0v) is 33.1. The Labute approximate surface area is 322 Å². The third-order valence-electron chi connectivity index (χ3n) is 6.96. The van der Waals surface area contributed by atoms with E-state index in [0.717, 1.165) is 0 Å². The average molecular weight is 791 g/mol. The highest BCUT2D eigenvalue weighted by Crippen LogP contribution is 2.18. The smallest absolute Gasteiger partial charge is 0.303 e. The van der Waals surface area contributed by atoms with Crippen LogP contribution in [0, 0.1) is 0 Å². The molecule has 1 unspecified atom stereocenters. The minimum absolute atomic E-state index is 0.00694. The molecule has 0 bridgehead atoms. The second kappa shape index (κ2) is 25.5. The van der Waals surface area contributed by atoms with E-state index in [4.69, 9.17) is 43.5 Å². The summed E-state index contributed by atoms with van der Waals surface area (Å²) in [6.07, 6.45) is 17.9. The fraction of sp³-hybridized carbons (Fsp3) is 0.487. The van der Waals surface area contributed by atoms with E-state index in [0.29, 0.717) is 31.4 Å². The van der Waals surface area contributed by atoms with Crippen LogP contribution in [-0.2, 0) is 54.0 Å². The van der Waals surface area contributed by atoms with Crippen molar-refractivity contribution < 1.29 is 72.2 Å². The molecule has 0 aliphatic heterocycles. The van der Waals surface area contributed by atoms with Gasteiger partial charge in [0.1, 0.15) is 30.7 Å². The van der Waals surface area contributed by atoms with Crippen molar-refractivity contribution in [2.75, 3.05) is 0 Å². The normalized spacial score (nSPS) is 25.2. The van der Waals surface area contributed by atoms with E-state index in [1.165, 1.54) is 39.2 Å². The Morgan fingerprint density at radius 3 is 1.38 bits per heavy atom. The molecule has 5 aliphatic carbocycles. The quantitative estimate of drug-likeness (QED) is 0.106. The lowest BCUT2D eigenvalue weighted by molar-refractivity contribution is -0.148. The van der Waals surface area contributed by atoms with Gasteiger partial charge in [0.05, 0.1) is 37.1 Å². The molecule has 0 aromatic carbocycles. The topological polar surface area (TPSA) is 233 Å². The van der Waals surface area contributed by atoms with Gasteiger partial charge in [0.2, 0.25) is 0 Å². The fourth-order valence-electron chi connectivity index (χ4n) is 4.81. The molecule has 0 amide bonds. The molecule has 0 saturated heterocycles. The number of esters is 3. The molecule has 0 radical (unpaired) electrons. The first kappa shape index (κ1) is 48.4. The minimum Gasteiger partial charge on any atom is -0.467 e. The van der Waals surface area contributed by atoms with E-state index >= 15 is 0 Å². The molecule has 1 heterocycles. The van der Waals surface area contributed by atoms with Crippen molar-refractivity contribution in [3.63, 3.8) is 0 Å². The van der Waals surface area contributed by atoms with Crippen molar-refractivity contribution in [1.82, 2.24) is 0 Å². The molecule has 0 fully saturated rings. The zero-order chi connectivity index (χ0) is 41.6. The van der Waals surface area contributed by atoms with E-state index in [1.807, 2.05) is 6.08 Å². The van der Waals surface area contributed by atoms with Crippen molar-refractivity contribution in [2.24, 2.45) is 0 Å². The number of carbonyl (C=O) groups is 6. The molecule has 304 valence electrons. The van der Waals surface area contributed by atoms with Crippen LogP contribution in [0.25, 0.3) is 0 Å². The maximum absolute atomic E-state index is 10.8. The standard InChI is InChI=1S/C9H12O4.C8H14O2Si.C7H10O3.C5H8O2.C5H4O2.C5H6O2/c1-6(10)12-8-3-4-9(5-8)13-7(2)11;1-11(2,3)10-8-5-4-7(9)6-8;1-5(8)10-7-3-2-6(9)4-7;2*6-4-1-2-5(7)3-4;6-4-5-2-1-3-7-5/h3-4,8-9H,5H2,1-2H3;4-5,8H,6H2,1-3H3;2-3,6-7,9H,4H2,1H3;1-2,4-7H,3H2;1-2H,3H2;1-3,6H,4H2/t8-,9+;;6-,7+;4-,5+;;/m..1.../s1. The van der Waals surface area contributed by atoms with Crippen molar-refractivity contribution in [2.45, 2.75) is 122 Å². The van der Waals surface area contributed by atoms with Gasteiger partial charge in [0.15, 0.2) is 25.7 Å². The second-order valence-corrected chi connectivity index (χ2v) is 17.9. The molecule has 7 atom stereocenters. The molecule has 1 aromatic heterocycles. The van der Waals surface area contributed by atoms with Gasteiger partial charge in [-0.2, -0.15) is 0 Å². The first-order valence-corrected chi connectivity index (χ1v) is 21.0. The molecule has 1 aromatic rings. The van der Waals surface area contributed by atoms with Crippen molar-refractivity contribution in [3.8, 4) is 0 Å². The molecule has 0 saturated carbocycles. The van der Waals surface area contributed by atoms with Gasteiger partial charge in [0.25, 0.3) is 0 Å². The highest BCUT2D eigenvalue weighted by atomic mass is 28.4. The number of rotatable bonds is 6. The van der Waals surface area contributed by atoms with Gasteiger partial charge < -0.3 is 43.5 Å². The summed E-state index contributed by atoms with van der Waals surface area (Å²) in [5.74, 6) is -0.303. The lowest BCUT2D eigenvalue weighted by Gasteiger charge is -2.21. The molecule has 55 heavy (non-hydrogen) atoms. The number of aliphatic hydroxyl groups excluding tert-OH is 4. The maximum Gasteiger partial charge on any atom is 0.303 e. The first-order valence-electron chi connectivity index (χ1n) is 17.6. The van der Waals surface area contributed by atoms with Crippen LogP contribution in [-0.4, -0.2) is 107 Å². The molecule has 16 heteroatoms. The number of allylic oxidation sites excluding steroid dienone is 3. The number of carbonyl (C=O) groups excluding carboxylic acids is 6. The van der Waals surface area contributed by atoms with E-state index < -0.39 is 26.6 Å². The lowest BCUT2D eigenvalue weighted by Crippen LogP contribution is -2.30. The molecule has 6 rings (SSSR count). The predicted octanol–water partition coefficient (Wildman–Crippen LogP) is 3.31. The zero-order valence-electron chi connectivity index (χ0n) is 32.1. The summed E-state index contributed by atoms with van der Waals surface area (Å²) in [5, 5.41) is 34.6. The van der Waals surface area contributed by atoms with Crippen molar-refractivity contribution in [3.05, 3.63) is 84.9 Å². The first-order chi connectivity index (χ1) is 25.7. The Bertz CT molecular complexity index is 1480. The highest BCUT2D eigenvalue weighted by Gasteiger charge is 2.24. The molecule has 0 spiro atoms. The number of hydrogen-bond donors (Lipinski definition) is 4. The largest absolute Gasteiger partial charge is 0.467 e. The number of furan rings is 1. The van der Waals surface area contributed by atoms with Gasteiger partial charge in [-0.25, -0.2) is 0 Å². The monoisotopic (exact) mass is 790 g/mol. The van der Waals surface area contributed by atoms with E-state index in [2.05, 4.69) is 19.6 Å². The van der Waals surface area contributed by atoms with Crippen LogP contribution in [0.3, 0.4) is 0 Å². The van der Waals surface area contributed by atoms with Crippen LogP contribution < -0.4 is 0 Å². The number of ketones is 3. The summed E-state index contributed by atoms with van der Waals surface area (Å²) in [6, 6.07) is 3.46. The van der Waals surface area contributed by atoms with Gasteiger partial charge in [0, 0.05) is 46.5 Å². The highest BCUT2D eigenvalue weighted by molar-refractivity contribution is 6.69. The van der Waals surface area contributed by atoms with Crippen LogP contribution in [0.15, 0.2) is 83.6 Å². The summed E-state index contributed by atoms with van der Waals surface area (Å²) in [7, 11) is -1.46. The Kier molecular flexibility index (Phi) is 22.4. The second-order valence-electron chi connectivity index (χ2n) is 13.5. The Morgan fingerprint density at radius 2 is 1.11 bits per heavy atom. The Balaban J connectivity index is 0.000000335. The van der Waals surface area contributed by atoms with Gasteiger partial charge in [-0.15, -0.1) is 0 Å². The summed E-state index contributed by atoms with van der Waals surface area (Å²) < 4.78 is 25.0. The average Bonchev–Trinajstić information content (AvgIpc) is 3.93. The third kappa shape index (κ3) is 25.2. The summed E-state index contributed by atoms with van der Waals surface area (Å²) in [6.45, 7) is 10.4.